The summed E-state index contributed by atoms with van der Waals surface area (Å²) in [6.45, 7) is 9.23. The largest absolute Gasteiger partial charge is 0.480 e. The number of carboxylic acid groups (broad SMARTS) is 1. The van der Waals surface area contributed by atoms with E-state index >= 15 is 0 Å². The van der Waals surface area contributed by atoms with Gasteiger partial charge in [0.05, 0.1) is 0 Å². The number of likely N-dealkylation sites (N-methyl/N-ethyl adjacent to an activating group) is 1. The van der Waals surface area contributed by atoms with Gasteiger partial charge >= 0.3 is 5.97 Å². The fourth-order valence-corrected chi connectivity index (χ4v) is 1.43. The Morgan fingerprint density at radius 1 is 1.33 bits per heavy atom. The van der Waals surface area contributed by atoms with E-state index in [1.807, 2.05) is 25.7 Å². The van der Waals surface area contributed by atoms with Crippen molar-refractivity contribution >= 4 is 5.97 Å². The molecular weight excluding hydrogens is 154 g/mol. The molecule has 0 spiro atoms. The van der Waals surface area contributed by atoms with Crippen molar-refractivity contribution in [2.45, 2.75) is 39.7 Å². The molecule has 0 heterocycles. The lowest BCUT2D eigenvalue weighted by Crippen LogP contribution is -2.51. The maximum Gasteiger partial charge on any atom is 0.323 e. The van der Waals surface area contributed by atoms with E-state index in [1.54, 1.807) is 6.92 Å². The molecule has 0 aliphatic carbocycles. The average Bonchev–Trinajstić information content (AvgIpc) is 2.05. The van der Waals surface area contributed by atoms with Crippen LogP contribution in [0.25, 0.3) is 0 Å². The van der Waals surface area contributed by atoms with Crippen LogP contribution in [-0.4, -0.2) is 34.6 Å². The Hall–Kier alpha value is -0.570. The number of hydrogen-bond acceptors (Lipinski definition) is 2. The summed E-state index contributed by atoms with van der Waals surface area (Å²) < 4.78 is 0. The van der Waals surface area contributed by atoms with Gasteiger partial charge in [-0.3, -0.25) is 9.69 Å². The molecule has 0 aromatic heterocycles. The number of nitrogens with zero attached hydrogens (tertiary/aromatic N) is 1. The fourth-order valence-electron chi connectivity index (χ4n) is 1.43. The lowest BCUT2D eigenvalue weighted by molar-refractivity contribution is -0.150. The third kappa shape index (κ3) is 1.97. The Morgan fingerprint density at radius 3 is 1.83 bits per heavy atom. The maximum atomic E-state index is 11.0. The SMILES string of the molecule is CCN(CC)[C@@](C)(CC)C(=O)O. The van der Waals surface area contributed by atoms with Crippen LogP contribution in [0.3, 0.4) is 0 Å². The summed E-state index contributed by atoms with van der Waals surface area (Å²) in [5.41, 5.74) is -0.691. The molecule has 12 heavy (non-hydrogen) atoms. The topological polar surface area (TPSA) is 40.5 Å². The summed E-state index contributed by atoms with van der Waals surface area (Å²) in [5, 5.41) is 9.02. The second kappa shape index (κ2) is 4.45. The van der Waals surface area contributed by atoms with Gasteiger partial charge in [0, 0.05) is 0 Å². The zero-order valence-electron chi connectivity index (χ0n) is 8.42. The molecule has 0 amide bonds. The van der Waals surface area contributed by atoms with Crippen molar-refractivity contribution in [1.82, 2.24) is 4.90 Å². The van der Waals surface area contributed by atoms with Crippen molar-refractivity contribution in [1.29, 1.82) is 0 Å². The van der Waals surface area contributed by atoms with Crippen molar-refractivity contribution in [2.75, 3.05) is 13.1 Å². The predicted molar refractivity (Wildman–Crippen MR) is 49.3 cm³/mol. The van der Waals surface area contributed by atoms with Crippen molar-refractivity contribution in [3.8, 4) is 0 Å². The minimum Gasteiger partial charge on any atom is -0.480 e. The van der Waals surface area contributed by atoms with Gasteiger partial charge in [-0.05, 0) is 26.4 Å². The normalized spacial score (nSPS) is 16.1. The first-order valence-electron chi connectivity index (χ1n) is 4.51. The van der Waals surface area contributed by atoms with Gasteiger partial charge in [0.25, 0.3) is 0 Å². The van der Waals surface area contributed by atoms with Gasteiger partial charge < -0.3 is 5.11 Å². The Bertz CT molecular complexity index is 155. The molecule has 0 saturated carbocycles. The zero-order valence-corrected chi connectivity index (χ0v) is 8.42. The first kappa shape index (κ1) is 11.4. The van der Waals surface area contributed by atoms with E-state index in [1.165, 1.54) is 0 Å². The number of carboxylic acids is 1. The number of carbonyl (C=O) groups is 1. The van der Waals surface area contributed by atoms with E-state index in [9.17, 15) is 4.79 Å². The van der Waals surface area contributed by atoms with Gasteiger partial charge in [-0.15, -0.1) is 0 Å². The minimum absolute atomic E-state index is 0.643. The molecule has 0 saturated heterocycles. The summed E-state index contributed by atoms with van der Waals surface area (Å²) in [4.78, 5) is 12.9. The molecule has 0 unspecified atom stereocenters. The molecule has 0 aliphatic rings. The highest BCUT2D eigenvalue weighted by Gasteiger charge is 2.35. The van der Waals surface area contributed by atoms with E-state index in [-0.39, 0.29) is 0 Å². The summed E-state index contributed by atoms with van der Waals surface area (Å²) in [7, 11) is 0. The van der Waals surface area contributed by atoms with Gasteiger partial charge in [-0.25, -0.2) is 0 Å². The molecule has 3 heteroatoms. The van der Waals surface area contributed by atoms with Crippen LogP contribution in [0, 0.1) is 0 Å². The van der Waals surface area contributed by atoms with Crippen LogP contribution in [0.5, 0.6) is 0 Å². The highest BCUT2D eigenvalue weighted by atomic mass is 16.4. The third-order valence-electron chi connectivity index (χ3n) is 2.61. The molecule has 0 radical (unpaired) electrons. The summed E-state index contributed by atoms with van der Waals surface area (Å²) in [5.74, 6) is -0.728. The highest BCUT2D eigenvalue weighted by Crippen LogP contribution is 2.18. The monoisotopic (exact) mass is 173 g/mol. The van der Waals surface area contributed by atoms with Crippen molar-refractivity contribution in [2.24, 2.45) is 0 Å². The Balaban J connectivity index is 4.58. The van der Waals surface area contributed by atoms with E-state index in [4.69, 9.17) is 5.11 Å². The number of hydrogen-bond donors (Lipinski definition) is 1. The molecule has 0 rings (SSSR count). The molecule has 0 fully saturated rings. The standard InChI is InChI=1S/C9H19NO2/c1-5-9(4,8(11)12)10(6-2)7-3/h5-7H2,1-4H3,(H,11,12)/t9-/m0/s1. The first-order valence-corrected chi connectivity index (χ1v) is 4.51. The molecule has 1 atom stereocenters. The zero-order chi connectivity index (χ0) is 9.78. The second-order valence-corrected chi connectivity index (χ2v) is 3.10. The van der Waals surface area contributed by atoms with Gasteiger partial charge in [0.2, 0.25) is 0 Å². The molecule has 0 aromatic rings. The van der Waals surface area contributed by atoms with Gasteiger partial charge in [0.15, 0.2) is 0 Å². The van der Waals surface area contributed by atoms with E-state index < -0.39 is 11.5 Å². The van der Waals surface area contributed by atoms with Crippen molar-refractivity contribution < 1.29 is 9.90 Å². The predicted octanol–water partition coefficient (Wildman–Crippen LogP) is 1.58. The molecular formula is C9H19NO2. The minimum atomic E-state index is -0.728. The van der Waals surface area contributed by atoms with E-state index in [2.05, 4.69) is 0 Å². The lowest BCUT2D eigenvalue weighted by atomic mass is 9.96. The van der Waals surface area contributed by atoms with E-state index in [0.29, 0.717) is 6.42 Å². The fraction of sp³-hybridized carbons (Fsp3) is 0.889. The first-order chi connectivity index (χ1) is 5.52. The van der Waals surface area contributed by atoms with Crippen molar-refractivity contribution in [3.63, 3.8) is 0 Å². The summed E-state index contributed by atoms with van der Waals surface area (Å²) >= 11 is 0. The van der Waals surface area contributed by atoms with E-state index in [0.717, 1.165) is 13.1 Å². The Kier molecular flexibility index (Phi) is 4.24. The molecule has 1 N–H and O–H groups in total. The van der Waals surface area contributed by atoms with Crippen LogP contribution in [-0.2, 0) is 4.79 Å². The van der Waals surface area contributed by atoms with Crippen LogP contribution in [0.15, 0.2) is 0 Å². The van der Waals surface area contributed by atoms with Crippen LogP contribution < -0.4 is 0 Å². The van der Waals surface area contributed by atoms with Crippen LogP contribution in [0.1, 0.15) is 34.1 Å². The summed E-state index contributed by atoms with van der Waals surface area (Å²) in [6.07, 6.45) is 0.643. The molecule has 0 aliphatic heterocycles. The number of rotatable bonds is 5. The maximum absolute atomic E-state index is 11.0. The molecule has 0 bridgehead atoms. The van der Waals surface area contributed by atoms with Gasteiger partial charge in [-0.1, -0.05) is 20.8 Å². The lowest BCUT2D eigenvalue weighted by Gasteiger charge is -2.35. The van der Waals surface area contributed by atoms with Crippen molar-refractivity contribution in [3.05, 3.63) is 0 Å². The van der Waals surface area contributed by atoms with Gasteiger partial charge in [0.1, 0.15) is 5.54 Å². The average molecular weight is 173 g/mol. The molecule has 3 nitrogen and oxygen atoms in total. The van der Waals surface area contributed by atoms with Gasteiger partial charge in [-0.2, -0.15) is 0 Å². The molecule has 72 valence electrons. The number of aliphatic carboxylic acids is 1. The molecule has 0 aromatic carbocycles. The van der Waals surface area contributed by atoms with Crippen LogP contribution >= 0.6 is 0 Å². The second-order valence-electron chi connectivity index (χ2n) is 3.10. The van der Waals surface area contributed by atoms with Crippen LogP contribution in [0.4, 0.5) is 0 Å². The smallest absolute Gasteiger partial charge is 0.323 e. The third-order valence-corrected chi connectivity index (χ3v) is 2.61. The van der Waals surface area contributed by atoms with Crippen LogP contribution in [0.2, 0.25) is 0 Å². The summed E-state index contributed by atoms with van der Waals surface area (Å²) in [6, 6.07) is 0. The quantitative estimate of drug-likeness (QED) is 0.686. The Labute approximate surface area is 74.4 Å². The Morgan fingerprint density at radius 2 is 1.75 bits per heavy atom. The highest BCUT2D eigenvalue weighted by molar-refractivity contribution is 5.78.